The number of benzene rings is 1. The summed E-state index contributed by atoms with van der Waals surface area (Å²) >= 11 is 4.30. The summed E-state index contributed by atoms with van der Waals surface area (Å²) in [7, 11) is 0. The summed E-state index contributed by atoms with van der Waals surface area (Å²) in [5, 5.41) is 0. The van der Waals surface area contributed by atoms with Crippen molar-refractivity contribution in [3.05, 3.63) is 29.8 Å². The van der Waals surface area contributed by atoms with Crippen molar-refractivity contribution in [3.8, 4) is 0 Å². The minimum atomic E-state index is 0.116. The van der Waals surface area contributed by atoms with Crippen LogP contribution in [-0.4, -0.2) is 23.9 Å². The van der Waals surface area contributed by atoms with Crippen molar-refractivity contribution in [2.75, 3.05) is 13.1 Å². The summed E-state index contributed by atoms with van der Waals surface area (Å²) in [5.41, 5.74) is 0.718. The Kier molecular flexibility index (Phi) is 3.00. The third-order valence-corrected chi connectivity index (χ3v) is 3.24. The van der Waals surface area contributed by atoms with E-state index < -0.39 is 0 Å². The highest BCUT2D eigenvalue weighted by atomic mass is 32.1. The highest BCUT2D eigenvalue weighted by Crippen LogP contribution is 2.21. The Bertz CT molecular complexity index is 378. The molecule has 0 radical (unpaired) electrons. The molecule has 3 heteroatoms. The second-order valence-electron chi connectivity index (χ2n) is 4.16. The van der Waals surface area contributed by atoms with E-state index in [-0.39, 0.29) is 5.91 Å². The predicted octanol–water partition coefficient (Wildman–Crippen LogP) is 2.46. The number of hydrogen-bond acceptors (Lipinski definition) is 2. The van der Waals surface area contributed by atoms with Gasteiger partial charge in [-0.15, -0.1) is 12.6 Å². The normalized spacial score (nSPS) is 20.7. The Morgan fingerprint density at radius 1 is 1.47 bits per heavy atom. The highest BCUT2D eigenvalue weighted by Gasteiger charge is 2.24. The summed E-state index contributed by atoms with van der Waals surface area (Å²) in [5.74, 6) is 0.742. The highest BCUT2D eigenvalue weighted by molar-refractivity contribution is 7.80. The molecule has 1 saturated heterocycles. The topological polar surface area (TPSA) is 20.3 Å². The van der Waals surface area contributed by atoms with Gasteiger partial charge >= 0.3 is 0 Å². The fourth-order valence-corrected chi connectivity index (χ4v) is 2.20. The molecule has 15 heavy (non-hydrogen) atoms. The summed E-state index contributed by atoms with van der Waals surface area (Å²) in [4.78, 5) is 14.8. The molecule has 1 heterocycles. The van der Waals surface area contributed by atoms with Gasteiger partial charge in [0, 0.05) is 18.0 Å². The minimum absolute atomic E-state index is 0.116. The van der Waals surface area contributed by atoms with Gasteiger partial charge in [0.15, 0.2) is 0 Å². The van der Waals surface area contributed by atoms with E-state index in [0.717, 1.165) is 30.0 Å². The van der Waals surface area contributed by atoms with Crippen LogP contribution >= 0.6 is 12.6 Å². The number of carbonyl (C=O) groups is 1. The van der Waals surface area contributed by atoms with Gasteiger partial charge in [-0.3, -0.25) is 4.79 Å². The zero-order valence-electron chi connectivity index (χ0n) is 8.81. The van der Waals surface area contributed by atoms with Gasteiger partial charge in [0.1, 0.15) is 0 Å². The molecule has 1 atom stereocenters. The molecular formula is C12H15NOS. The lowest BCUT2D eigenvalue weighted by Gasteiger charge is -2.16. The van der Waals surface area contributed by atoms with Crippen LogP contribution in [0.25, 0.3) is 0 Å². The summed E-state index contributed by atoms with van der Waals surface area (Å²) in [6.07, 6.45) is 1.11. The van der Waals surface area contributed by atoms with Gasteiger partial charge in [-0.2, -0.15) is 0 Å². The standard InChI is InChI=1S/C12H15NOS/c1-9-6-7-13(8-9)12(14)10-4-2-3-5-11(10)15/h2-5,9,15H,6-8H2,1H3. The van der Waals surface area contributed by atoms with Crippen molar-refractivity contribution in [1.82, 2.24) is 4.90 Å². The van der Waals surface area contributed by atoms with Crippen molar-refractivity contribution < 1.29 is 4.79 Å². The lowest BCUT2D eigenvalue weighted by Crippen LogP contribution is -2.28. The molecular weight excluding hydrogens is 206 g/mol. The maximum absolute atomic E-state index is 12.1. The van der Waals surface area contributed by atoms with E-state index in [1.807, 2.05) is 29.2 Å². The molecule has 2 nitrogen and oxygen atoms in total. The molecule has 0 aromatic heterocycles. The van der Waals surface area contributed by atoms with Crippen LogP contribution in [0.2, 0.25) is 0 Å². The average molecular weight is 221 g/mol. The number of thiol groups is 1. The number of nitrogens with zero attached hydrogens (tertiary/aromatic N) is 1. The number of amides is 1. The van der Waals surface area contributed by atoms with E-state index in [4.69, 9.17) is 0 Å². The molecule has 0 saturated carbocycles. The summed E-state index contributed by atoms with van der Waals surface area (Å²) in [6.45, 7) is 3.93. The fourth-order valence-electron chi connectivity index (χ4n) is 1.94. The fraction of sp³-hybridized carbons (Fsp3) is 0.417. The molecule has 80 valence electrons. The van der Waals surface area contributed by atoms with Crippen molar-refractivity contribution >= 4 is 18.5 Å². The molecule has 1 unspecified atom stereocenters. The zero-order valence-corrected chi connectivity index (χ0v) is 9.71. The summed E-state index contributed by atoms with van der Waals surface area (Å²) < 4.78 is 0. The molecule has 1 aromatic carbocycles. The van der Waals surface area contributed by atoms with E-state index in [0.29, 0.717) is 5.92 Å². The third kappa shape index (κ3) is 2.17. The Hall–Kier alpha value is -0.960. The van der Waals surface area contributed by atoms with E-state index in [9.17, 15) is 4.79 Å². The third-order valence-electron chi connectivity index (χ3n) is 2.85. The van der Waals surface area contributed by atoms with Crippen LogP contribution in [0.1, 0.15) is 23.7 Å². The van der Waals surface area contributed by atoms with Crippen LogP contribution < -0.4 is 0 Å². The first-order valence-electron chi connectivity index (χ1n) is 5.25. The molecule has 1 aliphatic rings. The molecule has 0 spiro atoms. The maximum Gasteiger partial charge on any atom is 0.254 e. The van der Waals surface area contributed by atoms with E-state index in [2.05, 4.69) is 19.6 Å². The smallest absolute Gasteiger partial charge is 0.254 e. The van der Waals surface area contributed by atoms with E-state index in [1.165, 1.54) is 0 Å². The first kappa shape index (κ1) is 10.6. The number of likely N-dealkylation sites (tertiary alicyclic amines) is 1. The molecule has 2 rings (SSSR count). The lowest BCUT2D eigenvalue weighted by molar-refractivity contribution is 0.0785. The van der Waals surface area contributed by atoms with Gasteiger partial charge < -0.3 is 4.90 Å². The molecule has 0 aliphatic carbocycles. The molecule has 1 fully saturated rings. The Labute approximate surface area is 95.7 Å². The largest absolute Gasteiger partial charge is 0.338 e. The SMILES string of the molecule is CC1CCN(C(=O)c2ccccc2S)C1. The molecule has 1 aromatic rings. The van der Waals surface area contributed by atoms with Crippen LogP contribution in [-0.2, 0) is 0 Å². The monoisotopic (exact) mass is 221 g/mol. The Balaban J connectivity index is 2.18. The van der Waals surface area contributed by atoms with Crippen molar-refractivity contribution in [2.45, 2.75) is 18.2 Å². The predicted molar refractivity (Wildman–Crippen MR) is 63.4 cm³/mol. The molecule has 0 N–H and O–H groups in total. The van der Waals surface area contributed by atoms with Gasteiger partial charge in [0.25, 0.3) is 5.91 Å². The van der Waals surface area contributed by atoms with Crippen LogP contribution in [0.3, 0.4) is 0 Å². The Morgan fingerprint density at radius 2 is 2.20 bits per heavy atom. The van der Waals surface area contributed by atoms with Crippen LogP contribution in [0.5, 0.6) is 0 Å². The van der Waals surface area contributed by atoms with Crippen molar-refractivity contribution in [2.24, 2.45) is 5.92 Å². The van der Waals surface area contributed by atoms with Crippen LogP contribution in [0.15, 0.2) is 29.2 Å². The van der Waals surface area contributed by atoms with Crippen molar-refractivity contribution in [3.63, 3.8) is 0 Å². The quantitative estimate of drug-likeness (QED) is 0.722. The number of carbonyl (C=O) groups excluding carboxylic acids is 1. The molecule has 1 aliphatic heterocycles. The van der Waals surface area contributed by atoms with E-state index in [1.54, 1.807) is 0 Å². The van der Waals surface area contributed by atoms with Gasteiger partial charge in [-0.25, -0.2) is 0 Å². The van der Waals surface area contributed by atoms with E-state index >= 15 is 0 Å². The second-order valence-corrected chi connectivity index (χ2v) is 4.64. The second kappa shape index (κ2) is 4.27. The maximum atomic E-state index is 12.1. The van der Waals surface area contributed by atoms with Gasteiger partial charge in [0.2, 0.25) is 0 Å². The summed E-state index contributed by atoms with van der Waals surface area (Å²) in [6, 6.07) is 7.47. The molecule has 1 amide bonds. The average Bonchev–Trinajstić information content (AvgIpc) is 2.65. The van der Waals surface area contributed by atoms with Crippen LogP contribution in [0.4, 0.5) is 0 Å². The van der Waals surface area contributed by atoms with Gasteiger partial charge in [-0.05, 0) is 24.5 Å². The van der Waals surface area contributed by atoms with Crippen LogP contribution in [0, 0.1) is 5.92 Å². The first-order valence-corrected chi connectivity index (χ1v) is 5.70. The molecule has 0 bridgehead atoms. The van der Waals surface area contributed by atoms with Crippen molar-refractivity contribution in [1.29, 1.82) is 0 Å². The zero-order chi connectivity index (χ0) is 10.8. The number of hydrogen-bond donors (Lipinski definition) is 1. The number of rotatable bonds is 1. The Morgan fingerprint density at radius 3 is 2.80 bits per heavy atom. The van der Waals surface area contributed by atoms with Gasteiger partial charge in [-0.1, -0.05) is 19.1 Å². The van der Waals surface area contributed by atoms with Gasteiger partial charge in [0.05, 0.1) is 5.56 Å². The minimum Gasteiger partial charge on any atom is -0.338 e. The lowest BCUT2D eigenvalue weighted by atomic mass is 10.2. The first-order chi connectivity index (χ1) is 7.18.